The van der Waals surface area contributed by atoms with Gasteiger partial charge in [-0.15, -0.1) is 11.3 Å². The summed E-state index contributed by atoms with van der Waals surface area (Å²) in [6.07, 6.45) is 2.41. The summed E-state index contributed by atoms with van der Waals surface area (Å²) in [5, 5.41) is 16.3. The Bertz CT molecular complexity index is 472. The zero-order chi connectivity index (χ0) is 15.2. The van der Waals surface area contributed by atoms with Crippen LogP contribution in [0.15, 0.2) is 17.5 Å². The van der Waals surface area contributed by atoms with E-state index in [1.54, 1.807) is 17.5 Å². The van der Waals surface area contributed by atoms with E-state index >= 15 is 0 Å². The van der Waals surface area contributed by atoms with Gasteiger partial charge in [-0.2, -0.15) is 0 Å². The highest BCUT2D eigenvalue weighted by molar-refractivity contribution is 7.10. The fraction of sp³-hybridized carbons (Fsp3) is 0.571. The van der Waals surface area contributed by atoms with Crippen LogP contribution in [0.1, 0.15) is 30.7 Å². The first-order valence-electron chi connectivity index (χ1n) is 7.12. The molecule has 2 atom stereocenters. The molecule has 21 heavy (non-hydrogen) atoms. The molecule has 0 aromatic carbocycles. The minimum Gasteiger partial charge on any atom is -0.479 e. The van der Waals surface area contributed by atoms with E-state index in [1.807, 2.05) is 0 Å². The number of carbonyl (C=O) groups is 2. The summed E-state index contributed by atoms with van der Waals surface area (Å²) in [6, 6.07) is 2.30. The normalized spacial score (nSPS) is 18.1. The van der Waals surface area contributed by atoms with Gasteiger partial charge in [0, 0.05) is 17.5 Å². The number of nitrogens with zero attached hydrogens (tertiary/aromatic N) is 1. The molecule has 2 rings (SSSR count). The predicted octanol–water partition coefficient (Wildman–Crippen LogP) is 1.66. The number of carboxylic acid groups (broad SMARTS) is 1. The number of urea groups is 1. The Morgan fingerprint density at radius 2 is 2.14 bits per heavy atom. The maximum absolute atomic E-state index is 11.9. The standard InChI is InChI=1S/C14H21N3O3S/c1-10(17-6-2-3-7-17)9-15-14(20)16-12(13(18)19)11-5-4-8-21-11/h4-5,8,10,12H,2-3,6-7,9H2,1H3,(H,18,19)(H2,15,16,20). The van der Waals surface area contributed by atoms with Crippen molar-refractivity contribution in [1.82, 2.24) is 15.5 Å². The number of likely N-dealkylation sites (tertiary alicyclic amines) is 1. The van der Waals surface area contributed by atoms with E-state index in [0.717, 1.165) is 13.1 Å². The number of aliphatic carboxylic acids is 1. The Morgan fingerprint density at radius 3 is 2.71 bits per heavy atom. The van der Waals surface area contributed by atoms with Crippen LogP contribution in [0.3, 0.4) is 0 Å². The van der Waals surface area contributed by atoms with E-state index in [-0.39, 0.29) is 6.04 Å². The van der Waals surface area contributed by atoms with E-state index in [0.29, 0.717) is 11.4 Å². The van der Waals surface area contributed by atoms with Gasteiger partial charge >= 0.3 is 12.0 Å². The molecule has 0 aliphatic carbocycles. The molecule has 2 heterocycles. The highest BCUT2D eigenvalue weighted by Crippen LogP contribution is 2.19. The van der Waals surface area contributed by atoms with E-state index in [1.165, 1.54) is 24.2 Å². The Balaban J connectivity index is 1.81. The molecule has 0 bridgehead atoms. The molecule has 1 aromatic heterocycles. The monoisotopic (exact) mass is 311 g/mol. The number of nitrogens with one attached hydrogen (secondary N) is 2. The molecular weight excluding hydrogens is 290 g/mol. The molecule has 1 aromatic rings. The van der Waals surface area contributed by atoms with Crippen molar-refractivity contribution in [2.24, 2.45) is 0 Å². The van der Waals surface area contributed by atoms with Crippen LogP contribution in [0.25, 0.3) is 0 Å². The third-order valence-corrected chi connectivity index (χ3v) is 4.61. The van der Waals surface area contributed by atoms with Gasteiger partial charge in [0.1, 0.15) is 0 Å². The maximum Gasteiger partial charge on any atom is 0.331 e. The van der Waals surface area contributed by atoms with Crippen LogP contribution in [-0.4, -0.2) is 47.7 Å². The smallest absolute Gasteiger partial charge is 0.331 e. The lowest BCUT2D eigenvalue weighted by atomic mass is 10.2. The Labute approximate surface area is 128 Å². The number of thiophene rings is 1. The molecule has 3 N–H and O–H groups in total. The molecule has 116 valence electrons. The van der Waals surface area contributed by atoms with Crippen LogP contribution >= 0.6 is 11.3 Å². The van der Waals surface area contributed by atoms with Crippen LogP contribution in [0.4, 0.5) is 4.79 Å². The van der Waals surface area contributed by atoms with Gasteiger partial charge in [0.05, 0.1) is 0 Å². The average Bonchev–Trinajstić information content (AvgIpc) is 3.13. The SMILES string of the molecule is CC(CNC(=O)NC(C(=O)O)c1cccs1)N1CCCC1. The predicted molar refractivity (Wildman–Crippen MR) is 81.5 cm³/mol. The number of carbonyl (C=O) groups excluding carboxylic acids is 1. The van der Waals surface area contributed by atoms with Gasteiger partial charge in [0.15, 0.2) is 6.04 Å². The lowest BCUT2D eigenvalue weighted by molar-refractivity contribution is -0.139. The summed E-state index contributed by atoms with van der Waals surface area (Å²) in [5.41, 5.74) is 0. The molecular formula is C14H21N3O3S. The fourth-order valence-electron chi connectivity index (χ4n) is 2.44. The molecule has 1 aliphatic rings. The van der Waals surface area contributed by atoms with Crippen LogP contribution in [-0.2, 0) is 4.79 Å². The quantitative estimate of drug-likeness (QED) is 0.746. The van der Waals surface area contributed by atoms with Crippen molar-refractivity contribution >= 4 is 23.3 Å². The second-order valence-electron chi connectivity index (χ2n) is 5.23. The van der Waals surface area contributed by atoms with Gasteiger partial charge < -0.3 is 15.7 Å². The minimum absolute atomic E-state index is 0.267. The van der Waals surface area contributed by atoms with Crippen molar-refractivity contribution < 1.29 is 14.7 Å². The van der Waals surface area contributed by atoms with Crippen molar-refractivity contribution in [3.63, 3.8) is 0 Å². The van der Waals surface area contributed by atoms with Crippen LogP contribution in [0.5, 0.6) is 0 Å². The summed E-state index contributed by atoms with van der Waals surface area (Å²) in [7, 11) is 0. The van der Waals surface area contributed by atoms with Gasteiger partial charge in [0.25, 0.3) is 0 Å². The molecule has 7 heteroatoms. The maximum atomic E-state index is 11.9. The van der Waals surface area contributed by atoms with Gasteiger partial charge in [0.2, 0.25) is 0 Å². The fourth-order valence-corrected chi connectivity index (χ4v) is 3.21. The molecule has 0 spiro atoms. The van der Waals surface area contributed by atoms with Crippen molar-refractivity contribution in [2.45, 2.75) is 31.8 Å². The zero-order valence-electron chi connectivity index (χ0n) is 12.0. The Hall–Kier alpha value is -1.60. The second-order valence-corrected chi connectivity index (χ2v) is 6.21. The lowest BCUT2D eigenvalue weighted by Crippen LogP contribution is -2.46. The highest BCUT2D eigenvalue weighted by atomic mass is 32.1. The van der Waals surface area contributed by atoms with Crippen LogP contribution in [0.2, 0.25) is 0 Å². The summed E-state index contributed by atoms with van der Waals surface area (Å²) in [4.78, 5) is 26.1. The van der Waals surface area contributed by atoms with E-state index in [4.69, 9.17) is 0 Å². The molecule has 1 saturated heterocycles. The average molecular weight is 311 g/mol. The molecule has 0 saturated carbocycles. The molecule has 6 nitrogen and oxygen atoms in total. The number of hydrogen-bond acceptors (Lipinski definition) is 4. The van der Waals surface area contributed by atoms with Crippen LogP contribution in [0, 0.1) is 0 Å². The van der Waals surface area contributed by atoms with E-state index in [9.17, 15) is 14.7 Å². The largest absolute Gasteiger partial charge is 0.479 e. The summed E-state index contributed by atoms with van der Waals surface area (Å²) < 4.78 is 0. The Morgan fingerprint density at radius 1 is 1.43 bits per heavy atom. The van der Waals surface area contributed by atoms with Crippen molar-refractivity contribution in [3.8, 4) is 0 Å². The first kappa shape index (κ1) is 15.8. The second kappa shape index (κ2) is 7.42. The molecule has 0 radical (unpaired) electrons. The molecule has 2 unspecified atom stereocenters. The first-order valence-corrected chi connectivity index (χ1v) is 8.00. The van der Waals surface area contributed by atoms with Gasteiger partial charge in [-0.3, -0.25) is 4.90 Å². The summed E-state index contributed by atoms with van der Waals surface area (Å²) in [6.45, 7) is 4.72. The lowest BCUT2D eigenvalue weighted by Gasteiger charge is -2.24. The molecule has 2 amide bonds. The number of amides is 2. The van der Waals surface area contributed by atoms with E-state index in [2.05, 4.69) is 22.5 Å². The highest BCUT2D eigenvalue weighted by Gasteiger charge is 2.24. The zero-order valence-corrected chi connectivity index (χ0v) is 12.9. The third-order valence-electron chi connectivity index (χ3n) is 3.67. The summed E-state index contributed by atoms with van der Waals surface area (Å²) in [5.74, 6) is -1.06. The van der Waals surface area contributed by atoms with Crippen molar-refractivity contribution in [3.05, 3.63) is 22.4 Å². The topological polar surface area (TPSA) is 81.7 Å². The molecule has 1 aliphatic heterocycles. The molecule has 1 fully saturated rings. The Kier molecular flexibility index (Phi) is 5.58. The summed E-state index contributed by atoms with van der Waals surface area (Å²) >= 11 is 1.31. The van der Waals surface area contributed by atoms with Gasteiger partial charge in [-0.25, -0.2) is 9.59 Å². The van der Waals surface area contributed by atoms with Gasteiger partial charge in [-0.1, -0.05) is 6.07 Å². The first-order chi connectivity index (χ1) is 10.1. The van der Waals surface area contributed by atoms with Crippen molar-refractivity contribution in [2.75, 3.05) is 19.6 Å². The minimum atomic E-state index is -1.06. The van der Waals surface area contributed by atoms with Crippen LogP contribution < -0.4 is 10.6 Å². The number of hydrogen-bond donors (Lipinski definition) is 3. The third kappa shape index (κ3) is 4.44. The van der Waals surface area contributed by atoms with Crippen molar-refractivity contribution in [1.29, 1.82) is 0 Å². The number of carboxylic acids is 1. The van der Waals surface area contributed by atoms with Gasteiger partial charge in [-0.05, 0) is 44.3 Å². The van der Waals surface area contributed by atoms with E-state index < -0.39 is 18.0 Å². The number of rotatable bonds is 6.